The van der Waals surface area contributed by atoms with Gasteiger partial charge in [-0.25, -0.2) is 0 Å². The fourth-order valence-corrected chi connectivity index (χ4v) is 2.55. The van der Waals surface area contributed by atoms with E-state index in [0.717, 1.165) is 38.2 Å². The molecule has 1 aliphatic heterocycles. The van der Waals surface area contributed by atoms with Crippen LogP contribution < -0.4 is 5.32 Å². The number of hydrogen-bond donors (Lipinski definition) is 1. The van der Waals surface area contributed by atoms with Crippen molar-refractivity contribution in [3.05, 3.63) is 34.9 Å². The Kier molecular flexibility index (Phi) is 4.37. The molecule has 3 nitrogen and oxygen atoms in total. The molecule has 0 bridgehead atoms. The fraction of sp³-hybridized carbons (Fsp3) is 0.533. The third-order valence-corrected chi connectivity index (χ3v) is 3.33. The third-order valence-electron chi connectivity index (χ3n) is 3.33. The number of benzene rings is 1. The molecular formula is C15H22N2O. The predicted molar refractivity (Wildman–Crippen MR) is 73.7 cm³/mol. The van der Waals surface area contributed by atoms with Crippen molar-refractivity contribution in [1.82, 2.24) is 10.2 Å². The van der Waals surface area contributed by atoms with Crippen LogP contribution in [0.1, 0.15) is 23.1 Å². The number of nitrogens with one attached hydrogen (secondary N) is 1. The van der Waals surface area contributed by atoms with Gasteiger partial charge in [0.15, 0.2) is 0 Å². The summed E-state index contributed by atoms with van der Waals surface area (Å²) in [6, 6.07) is 6.37. The van der Waals surface area contributed by atoms with Crippen LogP contribution in [0.5, 0.6) is 0 Å². The van der Waals surface area contributed by atoms with E-state index in [1.807, 2.05) is 4.90 Å². The number of aryl methyl sites for hydroxylation is 2. The van der Waals surface area contributed by atoms with Gasteiger partial charge in [0, 0.05) is 19.6 Å². The molecule has 0 radical (unpaired) electrons. The summed E-state index contributed by atoms with van der Waals surface area (Å²) < 4.78 is 0. The van der Waals surface area contributed by atoms with E-state index >= 15 is 0 Å². The van der Waals surface area contributed by atoms with Crippen molar-refractivity contribution in [2.45, 2.75) is 26.7 Å². The first kappa shape index (κ1) is 13.1. The van der Waals surface area contributed by atoms with Gasteiger partial charge in [0.2, 0.25) is 5.91 Å². The monoisotopic (exact) mass is 246 g/mol. The van der Waals surface area contributed by atoms with Crippen LogP contribution in [-0.2, 0) is 11.2 Å². The molecule has 0 aromatic heterocycles. The molecule has 1 aromatic carbocycles. The maximum atomic E-state index is 12.2. The average Bonchev–Trinajstić information content (AvgIpc) is 2.55. The summed E-state index contributed by atoms with van der Waals surface area (Å²) in [6.45, 7) is 7.82. The summed E-state index contributed by atoms with van der Waals surface area (Å²) in [5.74, 6) is 0.253. The maximum Gasteiger partial charge on any atom is 0.227 e. The molecule has 1 aromatic rings. The van der Waals surface area contributed by atoms with Gasteiger partial charge in [-0.15, -0.1) is 0 Å². The summed E-state index contributed by atoms with van der Waals surface area (Å²) in [4.78, 5) is 14.2. The van der Waals surface area contributed by atoms with E-state index in [1.54, 1.807) is 0 Å². The number of amides is 1. The van der Waals surface area contributed by atoms with Crippen molar-refractivity contribution in [2.75, 3.05) is 26.2 Å². The number of hydrogen-bond acceptors (Lipinski definition) is 2. The van der Waals surface area contributed by atoms with Crippen LogP contribution >= 0.6 is 0 Å². The standard InChI is InChI=1S/C15H22N2O/c1-12-8-13(2)10-14(9-12)11-15(18)17-6-3-4-16-5-7-17/h8-10,16H,3-7,11H2,1-2H3. The number of nitrogens with zero attached hydrogens (tertiary/aromatic N) is 1. The summed E-state index contributed by atoms with van der Waals surface area (Å²) >= 11 is 0. The molecule has 98 valence electrons. The summed E-state index contributed by atoms with van der Waals surface area (Å²) in [6.07, 6.45) is 1.58. The van der Waals surface area contributed by atoms with Crippen molar-refractivity contribution in [3.63, 3.8) is 0 Å². The van der Waals surface area contributed by atoms with E-state index in [0.29, 0.717) is 6.42 Å². The lowest BCUT2D eigenvalue weighted by Crippen LogP contribution is -2.35. The van der Waals surface area contributed by atoms with Gasteiger partial charge in [0.25, 0.3) is 0 Å². The Bertz CT molecular complexity index is 400. The molecule has 1 amide bonds. The van der Waals surface area contributed by atoms with Crippen LogP contribution in [0.3, 0.4) is 0 Å². The minimum absolute atomic E-state index is 0.253. The molecule has 1 saturated heterocycles. The van der Waals surface area contributed by atoms with Crippen LogP contribution in [0.2, 0.25) is 0 Å². The van der Waals surface area contributed by atoms with E-state index in [9.17, 15) is 4.79 Å². The Morgan fingerprint density at radius 1 is 1.17 bits per heavy atom. The zero-order chi connectivity index (χ0) is 13.0. The first-order chi connectivity index (χ1) is 8.65. The molecule has 0 aliphatic carbocycles. The van der Waals surface area contributed by atoms with Crippen molar-refractivity contribution in [1.29, 1.82) is 0 Å². The van der Waals surface area contributed by atoms with Gasteiger partial charge >= 0.3 is 0 Å². The van der Waals surface area contributed by atoms with E-state index in [4.69, 9.17) is 0 Å². The summed E-state index contributed by atoms with van der Waals surface area (Å²) in [5, 5.41) is 3.32. The fourth-order valence-electron chi connectivity index (χ4n) is 2.55. The molecule has 1 heterocycles. The second-order valence-electron chi connectivity index (χ2n) is 5.16. The zero-order valence-corrected chi connectivity index (χ0v) is 11.3. The van der Waals surface area contributed by atoms with Gasteiger partial charge in [-0.2, -0.15) is 0 Å². The highest BCUT2D eigenvalue weighted by molar-refractivity contribution is 5.79. The lowest BCUT2D eigenvalue weighted by atomic mass is 10.0. The number of carbonyl (C=O) groups is 1. The van der Waals surface area contributed by atoms with Gasteiger partial charge in [0.05, 0.1) is 6.42 Å². The van der Waals surface area contributed by atoms with Crippen LogP contribution in [0.4, 0.5) is 0 Å². The minimum Gasteiger partial charge on any atom is -0.341 e. The largest absolute Gasteiger partial charge is 0.341 e. The molecule has 1 fully saturated rings. The van der Waals surface area contributed by atoms with Crippen LogP contribution in [0, 0.1) is 13.8 Å². The Morgan fingerprint density at radius 2 is 1.89 bits per heavy atom. The lowest BCUT2D eigenvalue weighted by molar-refractivity contribution is -0.130. The lowest BCUT2D eigenvalue weighted by Gasteiger charge is -2.20. The smallest absolute Gasteiger partial charge is 0.227 e. The van der Waals surface area contributed by atoms with Gasteiger partial charge in [-0.05, 0) is 32.4 Å². The minimum atomic E-state index is 0.253. The van der Waals surface area contributed by atoms with E-state index in [-0.39, 0.29) is 5.91 Å². The third kappa shape index (κ3) is 3.57. The normalized spacial score (nSPS) is 16.4. The van der Waals surface area contributed by atoms with Crippen molar-refractivity contribution < 1.29 is 4.79 Å². The molecule has 18 heavy (non-hydrogen) atoms. The maximum absolute atomic E-state index is 12.2. The Labute approximate surface area is 109 Å². The van der Waals surface area contributed by atoms with Crippen molar-refractivity contribution in [3.8, 4) is 0 Å². The molecule has 1 N–H and O–H groups in total. The number of rotatable bonds is 2. The zero-order valence-electron chi connectivity index (χ0n) is 11.3. The van der Waals surface area contributed by atoms with Gasteiger partial charge in [-0.3, -0.25) is 4.79 Å². The molecule has 2 rings (SSSR count). The molecular weight excluding hydrogens is 224 g/mol. The second-order valence-corrected chi connectivity index (χ2v) is 5.16. The molecule has 0 unspecified atom stereocenters. The average molecular weight is 246 g/mol. The Balaban J connectivity index is 2.01. The molecule has 0 atom stereocenters. The van der Waals surface area contributed by atoms with Gasteiger partial charge < -0.3 is 10.2 Å². The summed E-state index contributed by atoms with van der Waals surface area (Å²) in [5.41, 5.74) is 3.60. The van der Waals surface area contributed by atoms with Gasteiger partial charge in [-0.1, -0.05) is 29.3 Å². The van der Waals surface area contributed by atoms with E-state index in [2.05, 4.69) is 37.4 Å². The molecule has 0 spiro atoms. The Hall–Kier alpha value is -1.35. The number of carbonyl (C=O) groups excluding carboxylic acids is 1. The SMILES string of the molecule is Cc1cc(C)cc(CC(=O)N2CCCNCC2)c1. The molecule has 0 saturated carbocycles. The topological polar surface area (TPSA) is 32.3 Å². The summed E-state index contributed by atoms with van der Waals surface area (Å²) in [7, 11) is 0. The first-order valence-corrected chi connectivity index (χ1v) is 6.71. The van der Waals surface area contributed by atoms with Crippen molar-refractivity contribution in [2.24, 2.45) is 0 Å². The highest BCUT2D eigenvalue weighted by Gasteiger charge is 2.15. The van der Waals surface area contributed by atoms with E-state index in [1.165, 1.54) is 11.1 Å². The quantitative estimate of drug-likeness (QED) is 0.861. The predicted octanol–water partition coefficient (Wildman–Crippen LogP) is 1.67. The molecule has 1 aliphatic rings. The van der Waals surface area contributed by atoms with Crippen LogP contribution in [0.25, 0.3) is 0 Å². The highest BCUT2D eigenvalue weighted by atomic mass is 16.2. The van der Waals surface area contributed by atoms with E-state index < -0.39 is 0 Å². The second kappa shape index (κ2) is 6.01. The van der Waals surface area contributed by atoms with Crippen molar-refractivity contribution >= 4 is 5.91 Å². The molecule has 3 heteroatoms. The first-order valence-electron chi connectivity index (χ1n) is 6.71. The van der Waals surface area contributed by atoms with Crippen LogP contribution in [-0.4, -0.2) is 37.0 Å². The van der Waals surface area contributed by atoms with Crippen LogP contribution in [0.15, 0.2) is 18.2 Å². The highest BCUT2D eigenvalue weighted by Crippen LogP contribution is 2.11. The van der Waals surface area contributed by atoms with Gasteiger partial charge in [0.1, 0.15) is 0 Å². The Morgan fingerprint density at radius 3 is 2.61 bits per heavy atom.